The summed E-state index contributed by atoms with van der Waals surface area (Å²) in [5.41, 5.74) is 2.70. The number of nitrogens with one attached hydrogen (secondary N) is 1. The quantitative estimate of drug-likeness (QED) is 0.709. The number of alkyl halides is 3. The van der Waals surface area contributed by atoms with Crippen molar-refractivity contribution in [3.63, 3.8) is 0 Å². The summed E-state index contributed by atoms with van der Waals surface area (Å²) >= 11 is 0. The first-order valence-electron chi connectivity index (χ1n) is 11.3. The zero-order chi connectivity index (χ0) is 24.8. The fraction of sp³-hybridized carbons (Fsp3) is 0.480. The monoisotopic (exact) mass is 474 g/mol. The van der Waals surface area contributed by atoms with Gasteiger partial charge in [-0.25, -0.2) is 0 Å². The number of hydrogen-bond acceptors (Lipinski definition) is 4. The molecule has 1 saturated heterocycles. The van der Waals surface area contributed by atoms with Gasteiger partial charge in [-0.3, -0.25) is 14.6 Å². The number of benzene rings is 1. The van der Waals surface area contributed by atoms with Crippen molar-refractivity contribution in [1.82, 2.24) is 14.8 Å². The summed E-state index contributed by atoms with van der Waals surface area (Å²) in [6.45, 7) is 4.28. The number of fused-ring (bicyclic) bond motifs is 1. The van der Waals surface area contributed by atoms with Crippen molar-refractivity contribution in [2.24, 2.45) is 0 Å². The molecule has 1 aliphatic heterocycles. The fourth-order valence-electron chi connectivity index (χ4n) is 5.12. The van der Waals surface area contributed by atoms with Crippen LogP contribution in [0.15, 0.2) is 42.6 Å². The van der Waals surface area contributed by atoms with Gasteiger partial charge in [-0.1, -0.05) is 38.1 Å². The lowest BCUT2D eigenvalue weighted by atomic mass is 9.83. The van der Waals surface area contributed by atoms with E-state index in [1.807, 2.05) is 12.1 Å². The number of rotatable bonds is 5. The molecule has 2 aromatic rings. The smallest absolute Gasteiger partial charge is 0.380 e. The molecule has 0 radical (unpaired) electrons. The third kappa shape index (κ3) is 4.23. The molecule has 2 aliphatic rings. The summed E-state index contributed by atoms with van der Waals surface area (Å²) in [5, 5.41) is 3.42. The molecule has 2 unspecified atom stereocenters. The van der Waals surface area contributed by atoms with Crippen molar-refractivity contribution in [2.75, 3.05) is 19.4 Å². The lowest BCUT2D eigenvalue weighted by Gasteiger charge is -2.33. The zero-order valence-electron chi connectivity index (χ0n) is 19.7. The molecule has 1 N–H and O–H groups in total. The number of likely N-dealkylation sites (tertiary alicyclic amines) is 1. The topological polar surface area (TPSA) is 65.5 Å². The highest BCUT2D eigenvalue weighted by Crippen LogP contribution is 2.41. The Kier molecular flexibility index (Phi) is 6.08. The highest BCUT2D eigenvalue weighted by Gasteiger charge is 2.48. The Bertz CT molecular complexity index is 1080. The molecule has 1 aromatic carbocycles. The Labute approximate surface area is 197 Å². The van der Waals surface area contributed by atoms with Gasteiger partial charge in [-0.15, -0.1) is 0 Å². The largest absolute Gasteiger partial charge is 0.414 e. The molecule has 9 heteroatoms. The van der Waals surface area contributed by atoms with E-state index >= 15 is 0 Å². The molecule has 0 spiro atoms. The van der Waals surface area contributed by atoms with Gasteiger partial charge in [-0.05, 0) is 36.1 Å². The van der Waals surface area contributed by atoms with Crippen LogP contribution in [0, 0.1) is 0 Å². The number of aromatic nitrogens is 1. The molecule has 6 nitrogen and oxygen atoms in total. The number of pyridine rings is 1. The number of carbonyl (C=O) groups is 2. The normalized spacial score (nSPS) is 22.4. The minimum Gasteiger partial charge on any atom is -0.380 e. The second kappa shape index (κ2) is 8.60. The second-order valence-corrected chi connectivity index (χ2v) is 9.70. The maximum atomic E-state index is 14.0. The van der Waals surface area contributed by atoms with Crippen LogP contribution in [0.25, 0.3) is 0 Å². The minimum absolute atomic E-state index is 0.0654. The van der Waals surface area contributed by atoms with Crippen molar-refractivity contribution in [1.29, 1.82) is 0 Å². The summed E-state index contributed by atoms with van der Waals surface area (Å²) in [5.74, 6) is -0.994. The number of likely N-dealkylation sites (N-methyl/N-ethyl adjacent to an activating group) is 2. The standard InChI is InChI=1S/C25H29F3N4O2/c1-24(2)17-8-6-5-7-15(17)13-20(24)30-16-9-10-18(29-14-16)22(25(26,27)28)32(4)23(34)19-11-12-21(33)31(19)3/h5-10,14,19-20,22,30H,11-13H2,1-4H3/t19?,20?,22-/m0/s1. The van der Waals surface area contributed by atoms with E-state index in [2.05, 4.69) is 36.3 Å². The third-order valence-electron chi connectivity index (χ3n) is 7.24. The minimum atomic E-state index is -4.72. The van der Waals surface area contributed by atoms with Gasteiger partial charge in [-0.2, -0.15) is 13.2 Å². The van der Waals surface area contributed by atoms with Crippen LogP contribution < -0.4 is 5.32 Å². The van der Waals surface area contributed by atoms with Crippen LogP contribution in [-0.2, 0) is 21.4 Å². The van der Waals surface area contributed by atoms with Gasteiger partial charge in [0.2, 0.25) is 11.8 Å². The SMILES string of the molecule is CN1C(=O)CCC1C(=O)N(C)[C@@H](c1ccc(NC2Cc3ccccc3C2(C)C)cn1)C(F)(F)F. The van der Waals surface area contributed by atoms with Gasteiger partial charge in [0.05, 0.1) is 17.6 Å². The number of carbonyl (C=O) groups excluding carboxylic acids is 2. The molecule has 4 rings (SSSR count). The molecule has 1 fully saturated rings. The number of halogens is 3. The van der Waals surface area contributed by atoms with Gasteiger partial charge in [0, 0.05) is 32.0 Å². The fourth-order valence-corrected chi connectivity index (χ4v) is 5.12. The highest BCUT2D eigenvalue weighted by atomic mass is 19.4. The Balaban J connectivity index is 1.53. The summed E-state index contributed by atoms with van der Waals surface area (Å²) in [7, 11) is 2.55. The maximum absolute atomic E-state index is 14.0. The molecule has 2 heterocycles. The first-order valence-corrected chi connectivity index (χ1v) is 11.3. The molecule has 1 aliphatic carbocycles. The summed E-state index contributed by atoms with van der Waals surface area (Å²) < 4.78 is 42.1. The van der Waals surface area contributed by atoms with E-state index in [1.165, 1.54) is 35.3 Å². The lowest BCUT2D eigenvalue weighted by Crippen LogP contribution is -2.48. The molecule has 0 bridgehead atoms. The van der Waals surface area contributed by atoms with Crippen LogP contribution in [0.2, 0.25) is 0 Å². The van der Waals surface area contributed by atoms with Gasteiger partial charge < -0.3 is 15.1 Å². The average Bonchev–Trinajstić information content (AvgIpc) is 3.24. The Hall–Kier alpha value is -3.10. The highest BCUT2D eigenvalue weighted by molar-refractivity contribution is 5.90. The van der Waals surface area contributed by atoms with Crippen molar-refractivity contribution in [2.45, 2.75) is 62.8 Å². The number of hydrogen-bond donors (Lipinski definition) is 1. The number of nitrogens with zero attached hydrogens (tertiary/aromatic N) is 3. The molecular formula is C25H29F3N4O2. The summed E-state index contributed by atoms with van der Waals surface area (Å²) in [4.78, 5) is 30.6. The van der Waals surface area contributed by atoms with E-state index in [4.69, 9.17) is 0 Å². The first kappa shape index (κ1) is 24.0. The van der Waals surface area contributed by atoms with Gasteiger partial charge in [0.25, 0.3) is 0 Å². The number of anilines is 1. The zero-order valence-corrected chi connectivity index (χ0v) is 19.7. The molecule has 1 aromatic heterocycles. The van der Waals surface area contributed by atoms with Crippen LogP contribution in [-0.4, -0.2) is 59.0 Å². The molecule has 182 valence electrons. The Morgan fingerprint density at radius 2 is 1.94 bits per heavy atom. The van der Waals surface area contributed by atoms with E-state index in [-0.39, 0.29) is 35.9 Å². The van der Waals surface area contributed by atoms with Crippen LogP contribution in [0.1, 0.15) is 49.6 Å². The van der Waals surface area contributed by atoms with E-state index in [0.29, 0.717) is 10.6 Å². The summed E-state index contributed by atoms with van der Waals surface area (Å²) in [6.07, 6.45) is -2.17. The molecule has 34 heavy (non-hydrogen) atoms. The van der Waals surface area contributed by atoms with Gasteiger partial charge in [0.15, 0.2) is 6.04 Å². The average molecular weight is 475 g/mol. The van der Waals surface area contributed by atoms with E-state index in [0.717, 1.165) is 13.5 Å². The van der Waals surface area contributed by atoms with Crippen LogP contribution in [0.4, 0.5) is 18.9 Å². The molecule has 2 amide bonds. The molecule has 0 saturated carbocycles. The maximum Gasteiger partial charge on any atom is 0.414 e. The Morgan fingerprint density at radius 1 is 1.24 bits per heavy atom. The second-order valence-electron chi connectivity index (χ2n) is 9.70. The van der Waals surface area contributed by atoms with Crippen molar-refractivity contribution in [3.05, 3.63) is 59.4 Å². The predicted molar refractivity (Wildman–Crippen MR) is 122 cm³/mol. The first-order chi connectivity index (χ1) is 15.9. The third-order valence-corrected chi connectivity index (χ3v) is 7.24. The molecule has 3 atom stereocenters. The van der Waals surface area contributed by atoms with E-state index < -0.39 is 24.2 Å². The van der Waals surface area contributed by atoms with E-state index in [9.17, 15) is 22.8 Å². The van der Waals surface area contributed by atoms with Crippen molar-refractivity contribution >= 4 is 17.5 Å². The van der Waals surface area contributed by atoms with Crippen molar-refractivity contribution < 1.29 is 22.8 Å². The van der Waals surface area contributed by atoms with Crippen molar-refractivity contribution in [3.8, 4) is 0 Å². The van der Waals surface area contributed by atoms with Gasteiger partial charge in [0.1, 0.15) is 6.04 Å². The van der Waals surface area contributed by atoms with Gasteiger partial charge >= 0.3 is 6.18 Å². The van der Waals surface area contributed by atoms with Crippen LogP contribution >= 0.6 is 0 Å². The number of amides is 2. The van der Waals surface area contributed by atoms with Crippen LogP contribution in [0.3, 0.4) is 0 Å². The summed E-state index contributed by atoms with van der Waals surface area (Å²) in [6, 6.07) is 8.06. The van der Waals surface area contributed by atoms with E-state index in [1.54, 1.807) is 6.07 Å². The Morgan fingerprint density at radius 3 is 2.50 bits per heavy atom. The predicted octanol–water partition coefficient (Wildman–Crippen LogP) is 4.08. The molecular weight excluding hydrogens is 445 g/mol. The lowest BCUT2D eigenvalue weighted by molar-refractivity contribution is -0.191. The van der Waals surface area contributed by atoms with Crippen LogP contribution in [0.5, 0.6) is 0 Å².